The molecule has 3 aromatic carbocycles. The predicted octanol–water partition coefficient (Wildman–Crippen LogP) is 7.08. The fourth-order valence-electron chi connectivity index (χ4n) is 4.49. The Labute approximate surface area is 231 Å². The maximum atomic E-state index is 14.8. The number of amides is 1. The van der Waals surface area contributed by atoms with Crippen molar-refractivity contribution in [1.29, 1.82) is 0 Å². The fourth-order valence-corrected chi connectivity index (χ4v) is 4.49. The average Bonchev–Trinajstić information content (AvgIpc) is 2.92. The van der Waals surface area contributed by atoms with Gasteiger partial charge in [-0.25, -0.2) is 4.39 Å². The number of nitrogens with zero attached hydrogens (tertiary/aromatic N) is 2. The van der Waals surface area contributed by atoms with Crippen LogP contribution in [0.2, 0.25) is 0 Å². The highest BCUT2D eigenvalue weighted by molar-refractivity contribution is 5.97. The molecule has 1 N–H and O–H groups in total. The molecular formula is C34H36FN3O. The van der Waals surface area contributed by atoms with Crippen LogP contribution in [-0.4, -0.2) is 27.4 Å². The van der Waals surface area contributed by atoms with Gasteiger partial charge < -0.3 is 5.32 Å². The first-order chi connectivity index (χ1) is 18.8. The monoisotopic (exact) mass is 521 g/mol. The first-order valence-electron chi connectivity index (χ1n) is 13.3. The molecule has 4 aromatic rings. The van der Waals surface area contributed by atoms with Crippen molar-refractivity contribution in [2.45, 2.75) is 51.9 Å². The molecule has 0 spiro atoms. The lowest BCUT2D eigenvalue weighted by Crippen LogP contribution is -2.40. The molecule has 0 aliphatic heterocycles. The first kappa shape index (κ1) is 27.9. The SMILES string of the molecule is CC(C)(C)NC(=O)c1cccnc1/C=C/[C@@H](Cc1ccccc1F)N(Cc1ccccc1)Cc1ccccc1. The number of carbonyl (C=O) groups excluding carboxylic acids is 1. The van der Waals surface area contributed by atoms with E-state index < -0.39 is 0 Å². The summed E-state index contributed by atoms with van der Waals surface area (Å²) in [5.74, 6) is -0.398. The second kappa shape index (κ2) is 13.1. The summed E-state index contributed by atoms with van der Waals surface area (Å²) in [5, 5.41) is 3.03. The number of halogens is 1. The van der Waals surface area contributed by atoms with Gasteiger partial charge in [0.2, 0.25) is 0 Å². The van der Waals surface area contributed by atoms with Crippen LogP contribution in [0.4, 0.5) is 4.39 Å². The minimum absolute atomic E-state index is 0.164. The van der Waals surface area contributed by atoms with Crippen molar-refractivity contribution in [3.63, 3.8) is 0 Å². The van der Waals surface area contributed by atoms with Crippen LogP contribution in [0.5, 0.6) is 0 Å². The Morgan fingerprint density at radius 2 is 1.46 bits per heavy atom. The largest absolute Gasteiger partial charge is 0.347 e. The van der Waals surface area contributed by atoms with Crippen molar-refractivity contribution in [1.82, 2.24) is 15.2 Å². The Morgan fingerprint density at radius 3 is 2.05 bits per heavy atom. The molecule has 1 heterocycles. The molecule has 200 valence electrons. The summed E-state index contributed by atoms with van der Waals surface area (Å²) in [6, 6.07) is 30.9. The normalized spacial score (nSPS) is 12.5. The highest BCUT2D eigenvalue weighted by atomic mass is 19.1. The number of hydrogen-bond acceptors (Lipinski definition) is 3. The lowest BCUT2D eigenvalue weighted by atomic mass is 10.0. The summed E-state index contributed by atoms with van der Waals surface area (Å²) in [6.45, 7) is 7.21. The van der Waals surface area contributed by atoms with Crippen LogP contribution in [0, 0.1) is 5.82 Å². The summed E-state index contributed by atoms with van der Waals surface area (Å²) in [5.41, 5.74) is 3.70. The minimum Gasteiger partial charge on any atom is -0.347 e. The van der Waals surface area contributed by atoms with Crippen molar-refractivity contribution in [3.05, 3.63) is 143 Å². The van der Waals surface area contributed by atoms with Crippen molar-refractivity contribution in [2.75, 3.05) is 0 Å². The zero-order valence-electron chi connectivity index (χ0n) is 22.8. The molecule has 39 heavy (non-hydrogen) atoms. The van der Waals surface area contributed by atoms with Crippen LogP contribution in [0.1, 0.15) is 53.5 Å². The Kier molecular flexibility index (Phi) is 9.40. The van der Waals surface area contributed by atoms with E-state index in [4.69, 9.17) is 0 Å². The molecule has 0 aliphatic rings. The third-order valence-corrected chi connectivity index (χ3v) is 6.36. The van der Waals surface area contributed by atoms with Gasteiger partial charge >= 0.3 is 0 Å². The summed E-state index contributed by atoms with van der Waals surface area (Å²) in [4.78, 5) is 19.9. The second-order valence-corrected chi connectivity index (χ2v) is 10.7. The third kappa shape index (κ3) is 8.45. The topological polar surface area (TPSA) is 45.2 Å². The van der Waals surface area contributed by atoms with Gasteiger partial charge in [0.1, 0.15) is 5.82 Å². The van der Waals surface area contributed by atoms with Gasteiger partial charge in [0.05, 0.1) is 11.3 Å². The van der Waals surface area contributed by atoms with Gasteiger partial charge in [0.25, 0.3) is 5.91 Å². The number of nitrogens with one attached hydrogen (secondary N) is 1. The van der Waals surface area contributed by atoms with E-state index in [1.807, 2.05) is 75.4 Å². The lowest BCUT2D eigenvalue weighted by Gasteiger charge is -2.30. The van der Waals surface area contributed by atoms with Gasteiger partial charge in [-0.3, -0.25) is 14.7 Å². The molecule has 1 amide bonds. The zero-order chi connectivity index (χ0) is 27.7. The quantitative estimate of drug-likeness (QED) is 0.243. The number of benzene rings is 3. The molecule has 0 aliphatic carbocycles. The predicted molar refractivity (Wildman–Crippen MR) is 157 cm³/mol. The van der Waals surface area contributed by atoms with E-state index in [0.717, 1.165) is 0 Å². The number of carbonyl (C=O) groups is 1. The van der Waals surface area contributed by atoms with E-state index in [0.29, 0.717) is 36.3 Å². The maximum Gasteiger partial charge on any atom is 0.253 e. The molecule has 0 bridgehead atoms. The van der Waals surface area contributed by atoms with Gasteiger partial charge in [-0.1, -0.05) is 84.9 Å². The Morgan fingerprint density at radius 1 is 0.872 bits per heavy atom. The number of aromatic nitrogens is 1. The molecule has 0 unspecified atom stereocenters. The molecule has 0 saturated carbocycles. The van der Waals surface area contributed by atoms with Crippen LogP contribution in [0.3, 0.4) is 0 Å². The Bertz CT molecular complexity index is 1340. The molecule has 1 aromatic heterocycles. The van der Waals surface area contributed by atoms with Crippen LogP contribution in [0.15, 0.2) is 109 Å². The van der Waals surface area contributed by atoms with Gasteiger partial charge in [0, 0.05) is 30.9 Å². The number of pyridine rings is 1. The van der Waals surface area contributed by atoms with E-state index in [1.165, 1.54) is 17.2 Å². The third-order valence-electron chi connectivity index (χ3n) is 6.36. The van der Waals surface area contributed by atoms with Crippen molar-refractivity contribution in [3.8, 4) is 0 Å². The second-order valence-electron chi connectivity index (χ2n) is 10.7. The zero-order valence-corrected chi connectivity index (χ0v) is 22.8. The minimum atomic E-state index is -0.372. The van der Waals surface area contributed by atoms with E-state index in [2.05, 4.69) is 45.5 Å². The molecule has 5 heteroatoms. The lowest BCUT2D eigenvalue weighted by molar-refractivity contribution is 0.0919. The van der Waals surface area contributed by atoms with Crippen LogP contribution < -0.4 is 5.32 Å². The van der Waals surface area contributed by atoms with Crippen molar-refractivity contribution < 1.29 is 9.18 Å². The molecule has 4 rings (SSSR count). The van der Waals surface area contributed by atoms with E-state index in [9.17, 15) is 9.18 Å². The Hall–Kier alpha value is -4.09. The van der Waals surface area contributed by atoms with E-state index >= 15 is 0 Å². The molecule has 0 saturated heterocycles. The van der Waals surface area contributed by atoms with Crippen LogP contribution in [-0.2, 0) is 19.5 Å². The number of hydrogen-bond donors (Lipinski definition) is 1. The summed E-state index contributed by atoms with van der Waals surface area (Å²) >= 11 is 0. The summed E-state index contributed by atoms with van der Waals surface area (Å²) < 4.78 is 14.8. The van der Waals surface area contributed by atoms with E-state index in [-0.39, 0.29) is 23.3 Å². The molecule has 1 atom stereocenters. The molecule has 0 radical (unpaired) electrons. The molecular weight excluding hydrogens is 485 g/mol. The first-order valence-corrected chi connectivity index (χ1v) is 13.3. The van der Waals surface area contributed by atoms with Gasteiger partial charge in [-0.05, 0) is 68.2 Å². The molecule has 4 nitrogen and oxygen atoms in total. The maximum absolute atomic E-state index is 14.8. The fraction of sp³-hybridized carbons (Fsp3) is 0.235. The van der Waals surface area contributed by atoms with Crippen LogP contribution in [0.25, 0.3) is 6.08 Å². The Balaban J connectivity index is 1.72. The van der Waals surface area contributed by atoms with Gasteiger partial charge in [-0.2, -0.15) is 0 Å². The smallest absolute Gasteiger partial charge is 0.253 e. The summed E-state index contributed by atoms with van der Waals surface area (Å²) in [7, 11) is 0. The van der Waals surface area contributed by atoms with Gasteiger partial charge in [-0.15, -0.1) is 0 Å². The van der Waals surface area contributed by atoms with Gasteiger partial charge in [0.15, 0.2) is 0 Å². The average molecular weight is 522 g/mol. The van der Waals surface area contributed by atoms with E-state index in [1.54, 1.807) is 24.4 Å². The van der Waals surface area contributed by atoms with Crippen molar-refractivity contribution in [2.24, 2.45) is 0 Å². The highest BCUT2D eigenvalue weighted by Gasteiger charge is 2.21. The number of rotatable bonds is 10. The molecule has 0 fully saturated rings. The standard InChI is InChI=1S/C34H36FN3O/c1-34(2,3)37-33(39)30-18-12-22-36-32(30)21-20-29(23-28-17-10-11-19-31(28)35)38(24-26-13-6-4-7-14-26)25-27-15-8-5-9-16-27/h4-22,29H,23-25H2,1-3H3,(H,37,39)/b21-20+/t29-/m0/s1. The highest BCUT2D eigenvalue weighted by Crippen LogP contribution is 2.21. The van der Waals surface area contributed by atoms with Crippen molar-refractivity contribution >= 4 is 12.0 Å². The summed E-state index contributed by atoms with van der Waals surface area (Å²) in [6.07, 6.45) is 6.10. The van der Waals surface area contributed by atoms with Crippen LogP contribution >= 0.6 is 0 Å².